The highest BCUT2D eigenvalue weighted by molar-refractivity contribution is 7.98. The van der Waals surface area contributed by atoms with Gasteiger partial charge in [0.25, 0.3) is 0 Å². The van der Waals surface area contributed by atoms with E-state index in [2.05, 4.69) is 12.6 Å². The molecule has 0 aliphatic carbocycles. The van der Waals surface area contributed by atoms with Crippen LogP contribution in [0.4, 0.5) is 0 Å². The molecule has 11 N–H and O–H groups in total. The number of nitrogens with one attached hydrogen (secondary N) is 1. The topological polar surface area (TPSA) is 239 Å². The van der Waals surface area contributed by atoms with Gasteiger partial charge in [-0.3, -0.25) is 24.4 Å². The van der Waals surface area contributed by atoms with Gasteiger partial charge in [-0.15, -0.1) is 0 Å². The van der Waals surface area contributed by atoms with Crippen molar-refractivity contribution in [3.8, 4) is 0 Å². The Morgan fingerprint density at radius 1 is 1.00 bits per heavy atom. The first-order valence-electron chi connectivity index (χ1n) is 7.23. The van der Waals surface area contributed by atoms with Gasteiger partial charge in [0.15, 0.2) is 0 Å². The molecule has 0 heterocycles. The Labute approximate surface area is 167 Å². The van der Waals surface area contributed by atoms with Crippen molar-refractivity contribution >= 4 is 48.2 Å². The van der Waals surface area contributed by atoms with E-state index in [1.54, 1.807) is 11.8 Å². The van der Waals surface area contributed by atoms with Gasteiger partial charge in [0.05, 0.1) is 0 Å². The summed E-state index contributed by atoms with van der Waals surface area (Å²) in [4.78, 5) is 38.9. The highest BCUT2D eigenvalue weighted by Crippen LogP contribution is 1.97. The van der Waals surface area contributed by atoms with Gasteiger partial charge in [-0.1, -0.05) is 0 Å². The van der Waals surface area contributed by atoms with Crippen molar-refractivity contribution in [2.45, 2.75) is 38.4 Å². The highest BCUT2D eigenvalue weighted by atomic mass is 32.2. The van der Waals surface area contributed by atoms with Crippen LogP contribution in [0.25, 0.3) is 0 Å². The predicted molar refractivity (Wildman–Crippen MR) is 105 cm³/mol. The minimum atomic E-state index is -1.00. The molecule has 14 heteroatoms. The number of carboxylic acid groups (broad SMARTS) is 3. The maximum absolute atomic E-state index is 10.1. The molecule has 2 unspecified atom stereocenters. The van der Waals surface area contributed by atoms with Crippen molar-refractivity contribution in [1.82, 2.24) is 5.48 Å². The number of aliphatic carboxylic acids is 3. The van der Waals surface area contributed by atoms with Gasteiger partial charge in [0, 0.05) is 12.7 Å². The van der Waals surface area contributed by atoms with Gasteiger partial charge < -0.3 is 32.5 Å². The van der Waals surface area contributed by atoms with Crippen LogP contribution in [0.3, 0.4) is 0 Å². The molecule has 3 atom stereocenters. The number of carbonyl (C=O) groups excluding carboxylic acids is 1. The van der Waals surface area contributed by atoms with Gasteiger partial charge in [-0.25, -0.2) is 5.48 Å². The summed E-state index contributed by atoms with van der Waals surface area (Å²) in [7, 11) is 0. The third kappa shape index (κ3) is 36.2. The van der Waals surface area contributed by atoms with E-state index in [-0.39, 0.29) is 5.75 Å². The zero-order valence-corrected chi connectivity index (χ0v) is 17.1. The number of hydrogen-bond donors (Lipinski definition) is 9. The van der Waals surface area contributed by atoms with Crippen LogP contribution in [0.15, 0.2) is 0 Å². The van der Waals surface area contributed by atoms with Crippen LogP contribution in [0.1, 0.15) is 20.3 Å². The van der Waals surface area contributed by atoms with Crippen LogP contribution in [-0.2, 0) is 19.2 Å². The summed E-state index contributed by atoms with van der Waals surface area (Å²) in [5, 5.41) is 31.7. The Balaban J connectivity index is -0.000000134. The quantitative estimate of drug-likeness (QED) is 0.125. The SMILES string of the molecule is CC(=O)NO.CC(N)C(=O)O.CSCC[C@H](N)C(=O)O.NC(CS)C(=O)O. The Hall–Kier alpha value is -1.58. The largest absolute Gasteiger partial charge is 0.480 e. The molecule has 0 aliphatic heterocycles. The van der Waals surface area contributed by atoms with Gasteiger partial charge >= 0.3 is 17.9 Å². The van der Waals surface area contributed by atoms with Crippen molar-refractivity contribution < 1.29 is 39.7 Å². The number of thioether (sulfide) groups is 1. The molecule has 0 saturated heterocycles. The Kier molecular flexibility index (Phi) is 27.5. The van der Waals surface area contributed by atoms with E-state index in [1.807, 2.05) is 6.26 Å². The fourth-order valence-corrected chi connectivity index (χ4v) is 1.09. The Morgan fingerprint density at radius 3 is 1.44 bits per heavy atom. The van der Waals surface area contributed by atoms with Gasteiger partial charge in [-0.05, 0) is 25.4 Å². The van der Waals surface area contributed by atoms with E-state index in [0.29, 0.717) is 6.42 Å². The lowest BCUT2D eigenvalue weighted by atomic mass is 10.2. The van der Waals surface area contributed by atoms with Crippen LogP contribution in [0.2, 0.25) is 0 Å². The molecule has 0 fully saturated rings. The molecule has 0 aromatic heterocycles. The molecular formula is C13H30N4O8S2. The second-order valence-electron chi connectivity index (χ2n) is 4.65. The van der Waals surface area contributed by atoms with Crippen LogP contribution >= 0.6 is 24.4 Å². The van der Waals surface area contributed by atoms with E-state index < -0.39 is 41.9 Å². The number of nitrogens with two attached hydrogens (primary N) is 3. The molecule has 162 valence electrons. The summed E-state index contributed by atoms with van der Waals surface area (Å²) in [5.41, 5.74) is 16.4. The first-order valence-corrected chi connectivity index (χ1v) is 9.26. The molecule has 27 heavy (non-hydrogen) atoms. The maximum atomic E-state index is 10.1. The van der Waals surface area contributed by atoms with E-state index in [9.17, 15) is 19.2 Å². The molecule has 0 saturated carbocycles. The number of carbonyl (C=O) groups is 4. The Bertz CT molecular complexity index is 427. The third-order valence-electron chi connectivity index (χ3n) is 2.01. The molecule has 12 nitrogen and oxygen atoms in total. The van der Waals surface area contributed by atoms with E-state index in [4.69, 9.17) is 37.7 Å². The van der Waals surface area contributed by atoms with Gasteiger partial charge in [0.2, 0.25) is 5.91 Å². The van der Waals surface area contributed by atoms with Crippen molar-refractivity contribution in [3.05, 3.63) is 0 Å². The van der Waals surface area contributed by atoms with Crippen molar-refractivity contribution in [2.75, 3.05) is 17.8 Å². The normalized spacial score (nSPS) is 12.1. The average molecular weight is 435 g/mol. The fraction of sp³-hybridized carbons (Fsp3) is 0.692. The summed E-state index contributed by atoms with van der Waals surface area (Å²) in [6.45, 7) is 2.64. The minimum absolute atomic E-state index is 0.190. The first kappa shape index (κ1) is 33.0. The molecule has 0 rings (SSSR count). The minimum Gasteiger partial charge on any atom is -0.480 e. The molecule has 0 bridgehead atoms. The fourth-order valence-electron chi connectivity index (χ4n) is 0.446. The molecule has 0 aromatic carbocycles. The zero-order valence-electron chi connectivity index (χ0n) is 15.4. The summed E-state index contributed by atoms with van der Waals surface area (Å²) in [6, 6.07) is -2.23. The van der Waals surface area contributed by atoms with Gasteiger partial charge in [-0.2, -0.15) is 24.4 Å². The average Bonchev–Trinajstić information content (AvgIpc) is 2.59. The molecule has 0 aromatic rings. The Morgan fingerprint density at radius 2 is 1.33 bits per heavy atom. The van der Waals surface area contributed by atoms with Crippen LogP contribution in [0, 0.1) is 0 Å². The van der Waals surface area contributed by atoms with Crippen molar-refractivity contribution in [1.29, 1.82) is 0 Å². The smallest absolute Gasteiger partial charge is 0.321 e. The number of thiol groups is 1. The van der Waals surface area contributed by atoms with Crippen LogP contribution < -0.4 is 22.7 Å². The molecule has 0 spiro atoms. The number of rotatable bonds is 7. The van der Waals surface area contributed by atoms with Crippen molar-refractivity contribution in [3.63, 3.8) is 0 Å². The van der Waals surface area contributed by atoms with Gasteiger partial charge in [0.1, 0.15) is 18.1 Å². The van der Waals surface area contributed by atoms with E-state index in [0.717, 1.165) is 5.75 Å². The lowest BCUT2D eigenvalue weighted by Gasteiger charge is -2.02. The highest BCUT2D eigenvalue weighted by Gasteiger charge is 2.09. The lowest BCUT2D eigenvalue weighted by Crippen LogP contribution is -2.31. The molecular weight excluding hydrogens is 404 g/mol. The van der Waals surface area contributed by atoms with E-state index in [1.165, 1.54) is 19.3 Å². The second-order valence-corrected chi connectivity index (χ2v) is 6.00. The van der Waals surface area contributed by atoms with E-state index >= 15 is 0 Å². The van der Waals surface area contributed by atoms with Crippen molar-refractivity contribution in [2.24, 2.45) is 17.2 Å². The summed E-state index contributed by atoms with van der Waals surface area (Å²) >= 11 is 5.25. The second kappa shape index (κ2) is 22.5. The predicted octanol–water partition coefficient (Wildman–Crippen LogP) is -1.59. The summed E-state index contributed by atoms with van der Waals surface area (Å²) in [5.74, 6) is -2.32. The lowest BCUT2D eigenvalue weighted by molar-refractivity contribution is -0.139. The molecule has 0 radical (unpaired) electrons. The van der Waals surface area contributed by atoms with Crippen LogP contribution in [-0.4, -0.2) is 80.2 Å². The summed E-state index contributed by atoms with van der Waals surface area (Å²) < 4.78 is 0. The number of hydroxylamine groups is 1. The first-order chi connectivity index (χ1) is 12.3. The number of amides is 1. The standard InChI is InChI=1S/C5H11NO2S.C3H7NO2S.C3H7NO2.C2H5NO2/c1-9-3-2-4(6)5(7)8;4-2(1-7)3(5)6;1-2(4)3(5)6;1-2(4)3-5/h4H,2-3,6H2,1H3,(H,7,8);2,7H,1,4H2,(H,5,6);2H,4H2,1H3,(H,5,6);5H,1H3,(H,3,4)/t4-;;;/m0.../s1. The molecule has 0 aliphatic rings. The summed E-state index contributed by atoms with van der Waals surface area (Å²) in [6.07, 6.45) is 2.48. The van der Waals surface area contributed by atoms with Crippen LogP contribution in [0.5, 0.6) is 0 Å². The number of carboxylic acids is 3. The monoisotopic (exact) mass is 434 g/mol. The third-order valence-corrected chi connectivity index (χ3v) is 3.05. The maximum Gasteiger partial charge on any atom is 0.321 e. The number of hydrogen-bond acceptors (Lipinski definition) is 10. The molecule has 1 amide bonds. The zero-order chi connectivity index (χ0) is 22.6.